The van der Waals surface area contributed by atoms with Crippen LogP contribution in [0.4, 0.5) is 4.79 Å². The Morgan fingerprint density at radius 1 is 1.59 bits per heavy atom. The molecule has 0 aliphatic heterocycles. The van der Waals surface area contributed by atoms with Crippen LogP contribution in [0, 0.1) is 0 Å². The van der Waals surface area contributed by atoms with Crippen molar-refractivity contribution in [1.29, 1.82) is 0 Å². The molecule has 0 bridgehead atoms. The van der Waals surface area contributed by atoms with Crippen LogP contribution in [0.1, 0.15) is 13.8 Å². The summed E-state index contributed by atoms with van der Waals surface area (Å²) < 4.78 is 6.52. The third-order valence-corrected chi connectivity index (χ3v) is 2.73. The normalized spacial score (nSPS) is 11.1. The van der Waals surface area contributed by atoms with Gasteiger partial charge in [-0.2, -0.15) is 0 Å². The average Bonchev–Trinajstić information content (AvgIpc) is 2.20. The molecular formula is C11H13BrClNO3. The molecule has 1 rings (SSSR count). The maximum Gasteiger partial charge on any atom is 0.404 e. The summed E-state index contributed by atoms with van der Waals surface area (Å²) in [5, 5.41) is 11.3. The van der Waals surface area contributed by atoms with Crippen LogP contribution in [0.3, 0.4) is 0 Å². The number of ether oxygens (including phenoxy) is 1. The van der Waals surface area contributed by atoms with Crippen molar-refractivity contribution < 1.29 is 14.6 Å². The largest absolute Gasteiger partial charge is 0.484 e. The Labute approximate surface area is 113 Å². The van der Waals surface area contributed by atoms with Gasteiger partial charge in [0.15, 0.2) is 0 Å². The molecule has 0 saturated carbocycles. The Bertz CT molecular complexity index is 423. The molecule has 0 unspecified atom stereocenters. The quantitative estimate of drug-likeness (QED) is 0.891. The average molecular weight is 323 g/mol. The molecule has 1 aromatic rings. The highest BCUT2D eigenvalue weighted by molar-refractivity contribution is 9.10. The van der Waals surface area contributed by atoms with Crippen molar-refractivity contribution in [1.82, 2.24) is 5.32 Å². The zero-order valence-corrected chi connectivity index (χ0v) is 11.8. The van der Waals surface area contributed by atoms with Gasteiger partial charge in [0.1, 0.15) is 11.4 Å². The minimum atomic E-state index is -1.08. The standard InChI is InChI=1S/C11H13BrClNO3/c1-11(2,6-14-10(15)16)17-9-4-3-7(12)5-8(9)13/h3-5,14H,6H2,1-2H3,(H,15,16). The number of nitrogens with one attached hydrogen (secondary N) is 1. The van der Waals surface area contributed by atoms with E-state index in [1.54, 1.807) is 26.0 Å². The fraction of sp³-hybridized carbons (Fsp3) is 0.364. The van der Waals surface area contributed by atoms with Crippen molar-refractivity contribution in [3.05, 3.63) is 27.7 Å². The van der Waals surface area contributed by atoms with Gasteiger partial charge in [0.25, 0.3) is 0 Å². The van der Waals surface area contributed by atoms with Gasteiger partial charge < -0.3 is 15.2 Å². The summed E-state index contributed by atoms with van der Waals surface area (Å²) in [7, 11) is 0. The molecule has 0 aliphatic rings. The molecule has 2 N–H and O–H groups in total. The second-order valence-electron chi connectivity index (χ2n) is 4.10. The molecule has 0 atom stereocenters. The Kier molecular flexibility index (Phi) is 4.65. The summed E-state index contributed by atoms with van der Waals surface area (Å²) >= 11 is 9.30. The Balaban J connectivity index is 2.72. The van der Waals surface area contributed by atoms with E-state index in [-0.39, 0.29) is 6.54 Å². The molecule has 0 aliphatic carbocycles. The molecule has 0 saturated heterocycles. The van der Waals surface area contributed by atoms with Crippen LogP contribution < -0.4 is 10.1 Å². The first-order chi connectivity index (χ1) is 7.80. The van der Waals surface area contributed by atoms with Gasteiger partial charge >= 0.3 is 6.09 Å². The van der Waals surface area contributed by atoms with E-state index in [9.17, 15) is 4.79 Å². The second kappa shape index (κ2) is 5.60. The number of benzene rings is 1. The molecule has 0 heterocycles. The summed E-state index contributed by atoms with van der Waals surface area (Å²) in [4.78, 5) is 10.4. The van der Waals surface area contributed by atoms with E-state index in [4.69, 9.17) is 21.4 Å². The van der Waals surface area contributed by atoms with Crippen LogP contribution >= 0.6 is 27.5 Å². The van der Waals surface area contributed by atoms with Gasteiger partial charge in [-0.05, 0) is 32.0 Å². The van der Waals surface area contributed by atoms with Crippen molar-refractivity contribution in [3.8, 4) is 5.75 Å². The fourth-order valence-electron chi connectivity index (χ4n) is 1.18. The van der Waals surface area contributed by atoms with Gasteiger partial charge in [0, 0.05) is 4.47 Å². The summed E-state index contributed by atoms with van der Waals surface area (Å²) in [5.41, 5.74) is -0.671. The highest BCUT2D eigenvalue weighted by atomic mass is 79.9. The first-order valence-corrected chi connectivity index (χ1v) is 6.08. The van der Waals surface area contributed by atoms with Gasteiger partial charge in [0.2, 0.25) is 0 Å². The van der Waals surface area contributed by atoms with Crippen molar-refractivity contribution >= 4 is 33.6 Å². The fourth-order valence-corrected chi connectivity index (χ4v) is 1.89. The second-order valence-corrected chi connectivity index (χ2v) is 5.42. The van der Waals surface area contributed by atoms with Gasteiger partial charge in [-0.25, -0.2) is 4.79 Å². The molecule has 0 aromatic heterocycles. The summed E-state index contributed by atoms with van der Waals surface area (Å²) in [5.74, 6) is 0.520. The lowest BCUT2D eigenvalue weighted by Gasteiger charge is -2.26. The highest BCUT2D eigenvalue weighted by Gasteiger charge is 2.21. The zero-order valence-electron chi connectivity index (χ0n) is 9.46. The minimum Gasteiger partial charge on any atom is -0.484 e. The van der Waals surface area contributed by atoms with E-state index in [0.29, 0.717) is 10.8 Å². The number of hydrogen-bond donors (Lipinski definition) is 2. The van der Waals surface area contributed by atoms with Gasteiger partial charge in [-0.15, -0.1) is 0 Å². The zero-order chi connectivity index (χ0) is 13.1. The molecule has 17 heavy (non-hydrogen) atoms. The van der Waals surface area contributed by atoms with E-state index >= 15 is 0 Å². The number of hydrogen-bond acceptors (Lipinski definition) is 2. The third kappa shape index (κ3) is 4.83. The van der Waals surface area contributed by atoms with Crippen LogP contribution in [-0.2, 0) is 0 Å². The third-order valence-electron chi connectivity index (χ3n) is 1.95. The molecule has 6 heteroatoms. The molecule has 0 radical (unpaired) electrons. The topological polar surface area (TPSA) is 58.6 Å². The molecule has 0 fully saturated rings. The van der Waals surface area contributed by atoms with Crippen LogP contribution in [0.2, 0.25) is 5.02 Å². The van der Waals surface area contributed by atoms with Crippen molar-refractivity contribution in [2.24, 2.45) is 0 Å². The lowest BCUT2D eigenvalue weighted by molar-refractivity contribution is 0.105. The Hall–Kier alpha value is -0.940. The predicted octanol–water partition coefficient (Wildman–Crippen LogP) is 3.53. The number of carbonyl (C=O) groups is 1. The van der Waals surface area contributed by atoms with Crippen LogP contribution in [0.5, 0.6) is 5.75 Å². The first-order valence-electron chi connectivity index (χ1n) is 4.91. The van der Waals surface area contributed by atoms with Crippen molar-refractivity contribution in [2.75, 3.05) is 6.54 Å². The maximum absolute atomic E-state index is 10.4. The van der Waals surface area contributed by atoms with E-state index < -0.39 is 11.7 Å². The SMILES string of the molecule is CC(C)(CNC(=O)O)Oc1ccc(Br)cc1Cl. The summed E-state index contributed by atoms with van der Waals surface area (Å²) in [6.07, 6.45) is -1.08. The predicted molar refractivity (Wildman–Crippen MR) is 69.9 cm³/mol. The van der Waals surface area contributed by atoms with E-state index in [0.717, 1.165) is 4.47 Å². The molecule has 1 amide bonds. The number of rotatable bonds is 4. The van der Waals surface area contributed by atoms with Crippen LogP contribution in [0.25, 0.3) is 0 Å². The van der Waals surface area contributed by atoms with Crippen molar-refractivity contribution in [3.63, 3.8) is 0 Å². The monoisotopic (exact) mass is 321 g/mol. The van der Waals surface area contributed by atoms with Gasteiger partial charge in [0.05, 0.1) is 11.6 Å². The van der Waals surface area contributed by atoms with Gasteiger partial charge in [-0.3, -0.25) is 0 Å². The number of amides is 1. The lowest BCUT2D eigenvalue weighted by atomic mass is 10.1. The molecule has 1 aromatic carbocycles. The summed E-state index contributed by atoms with van der Waals surface area (Å²) in [6, 6.07) is 5.26. The minimum absolute atomic E-state index is 0.175. The highest BCUT2D eigenvalue weighted by Crippen LogP contribution is 2.30. The van der Waals surface area contributed by atoms with Crippen molar-refractivity contribution in [2.45, 2.75) is 19.4 Å². The van der Waals surface area contributed by atoms with Crippen LogP contribution in [-0.4, -0.2) is 23.3 Å². The molecular weight excluding hydrogens is 309 g/mol. The Morgan fingerprint density at radius 3 is 2.76 bits per heavy atom. The Morgan fingerprint density at radius 2 is 2.24 bits per heavy atom. The van der Waals surface area contributed by atoms with E-state index in [1.165, 1.54) is 0 Å². The molecule has 94 valence electrons. The molecule has 4 nitrogen and oxygen atoms in total. The van der Waals surface area contributed by atoms with Gasteiger partial charge in [-0.1, -0.05) is 27.5 Å². The summed E-state index contributed by atoms with van der Waals surface area (Å²) in [6.45, 7) is 3.73. The van der Waals surface area contributed by atoms with Crippen LogP contribution in [0.15, 0.2) is 22.7 Å². The van der Waals surface area contributed by atoms with E-state index in [2.05, 4.69) is 21.2 Å². The first kappa shape index (κ1) is 14.1. The van der Waals surface area contributed by atoms with E-state index in [1.807, 2.05) is 6.07 Å². The number of carboxylic acid groups (broad SMARTS) is 1. The lowest BCUT2D eigenvalue weighted by Crippen LogP contribution is -2.42. The molecule has 0 spiro atoms. The smallest absolute Gasteiger partial charge is 0.404 e. The maximum atomic E-state index is 10.4. The number of halogens is 2.